The van der Waals surface area contributed by atoms with E-state index in [-0.39, 0.29) is 29.9 Å². The molecule has 1 aliphatic carbocycles. The normalized spacial score (nSPS) is 15.7. The molecule has 3 aromatic carbocycles. The van der Waals surface area contributed by atoms with E-state index in [0.29, 0.717) is 29.6 Å². The molecular weight excluding hydrogens is 641 g/mol. The summed E-state index contributed by atoms with van der Waals surface area (Å²) in [6, 6.07) is 17.3. The quantitative estimate of drug-likeness (QED) is 0.141. The predicted molar refractivity (Wildman–Crippen MR) is 186 cm³/mol. The number of benzene rings is 3. The maximum absolute atomic E-state index is 13.9. The lowest BCUT2D eigenvalue weighted by Crippen LogP contribution is -2.23. The minimum absolute atomic E-state index is 0.102. The Morgan fingerprint density at radius 3 is 2.34 bits per heavy atom. The molecule has 0 radical (unpaired) electrons. The third kappa shape index (κ3) is 7.19. The van der Waals surface area contributed by atoms with Gasteiger partial charge in [-0.3, -0.25) is 14.0 Å². The Kier molecular flexibility index (Phi) is 10.5. The number of methoxy groups -OCH3 is 4. The summed E-state index contributed by atoms with van der Waals surface area (Å²) < 4.78 is 37.2. The number of imidazole rings is 1. The van der Waals surface area contributed by atoms with Gasteiger partial charge >= 0.3 is 5.97 Å². The molecule has 0 aliphatic heterocycles. The Bertz CT molecular complexity index is 1990. The van der Waals surface area contributed by atoms with Crippen molar-refractivity contribution in [2.24, 2.45) is 5.92 Å². The van der Waals surface area contributed by atoms with Gasteiger partial charge in [-0.25, -0.2) is 14.4 Å². The number of carbonyl (C=O) groups excluding carboxylic acids is 2. The van der Waals surface area contributed by atoms with E-state index >= 15 is 0 Å². The Balaban J connectivity index is 1.30. The van der Waals surface area contributed by atoms with E-state index in [9.17, 15) is 14.0 Å². The lowest BCUT2D eigenvalue weighted by molar-refractivity contribution is -0.146. The number of ether oxygens (including phenoxy) is 4. The highest BCUT2D eigenvalue weighted by molar-refractivity contribution is 5.97. The minimum atomic E-state index is -0.519. The van der Waals surface area contributed by atoms with E-state index in [0.717, 1.165) is 65.5 Å². The third-order valence-corrected chi connectivity index (χ3v) is 9.24. The Morgan fingerprint density at radius 1 is 0.880 bits per heavy atom. The second-order valence-electron chi connectivity index (χ2n) is 12.1. The molecule has 50 heavy (non-hydrogen) atoms. The number of hydrogen-bond acceptors (Lipinski definition) is 9. The molecular formula is C38H40FN5O6. The molecule has 1 aliphatic rings. The van der Waals surface area contributed by atoms with E-state index < -0.39 is 11.7 Å². The van der Waals surface area contributed by atoms with Crippen molar-refractivity contribution in [3.8, 4) is 28.5 Å². The highest BCUT2D eigenvalue weighted by Gasteiger charge is 2.31. The molecule has 11 nitrogen and oxygen atoms in total. The smallest absolute Gasteiger partial charge is 0.308 e. The van der Waals surface area contributed by atoms with Gasteiger partial charge in [0.1, 0.15) is 40.1 Å². The molecule has 1 amide bonds. The number of anilines is 1. The lowest BCUT2D eigenvalue weighted by Gasteiger charge is -2.26. The molecule has 1 saturated carbocycles. The van der Waals surface area contributed by atoms with Crippen LogP contribution in [-0.4, -0.2) is 54.7 Å². The molecule has 2 N–H and O–H groups in total. The first-order valence-corrected chi connectivity index (χ1v) is 16.4. The first kappa shape index (κ1) is 34.2. The van der Waals surface area contributed by atoms with Crippen LogP contribution < -0.4 is 24.8 Å². The SMILES string of the molecule is COC(=O)C1CCC(c2nc(-c3ccc(CNC(=O)c4cc(F)ccc4OC)cc3)c3c(NCc4ccc(OC)cc4OC)nccn23)CC1. The van der Waals surface area contributed by atoms with Crippen molar-refractivity contribution in [3.05, 3.63) is 101 Å². The van der Waals surface area contributed by atoms with Gasteiger partial charge in [0, 0.05) is 48.6 Å². The number of aromatic nitrogens is 3. The largest absolute Gasteiger partial charge is 0.497 e. The number of esters is 1. The summed E-state index contributed by atoms with van der Waals surface area (Å²) in [5.41, 5.74) is 4.36. The number of halogens is 1. The molecule has 0 spiro atoms. The average molecular weight is 682 g/mol. The fourth-order valence-corrected chi connectivity index (χ4v) is 6.53. The molecule has 0 atom stereocenters. The highest BCUT2D eigenvalue weighted by Crippen LogP contribution is 2.39. The van der Waals surface area contributed by atoms with Crippen LogP contribution in [0.5, 0.6) is 17.2 Å². The second-order valence-corrected chi connectivity index (χ2v) is 12.1. The Labute approximate surface area is 289 Å². The molecule has 2 aromatic heterocycles. The van der Waals surface area contributed by atoms with Crippen molar-refractivity contribution in [1.82, 2.24) is 19.7 Å². The number of carbonyl (C=O) groups is 2. The maximum atomic E-state index is 13.9. The van der Waals surface area contributed by atoms with E-state index in [4.69, 9.17) is 28.9 Å². The zero-order valence-corrected chi connectivity index (χ0v) is 28.5. The Morgan fingerprint density at radius 2 is 1.64 bits per heavy atom. The van der Waals surface area contributed by atoms with Crippen molar-refractivity contribution in [3.63, 3.8) is 0 Å². The van der Waals surface area contributed by atoms with E-state index in [1.807, 2.05) is 48.7 Å². The average Bonchev–Trinajstić information content (AvgIpc) is 3.56. The predicted octanol–water partition coefficient (Wildman–Crippen LogP) is 6.55. The summed E-state index contributed by atoms with van der Waals surface area (Å²) in [6.07, 6.45) is 6.77. The van der Waals surface area contributed by atoms with E-state index in [1.165, 1.54) is 26.4 Å². The van der Waals surface area contributed by atoms with Gasteiger partial charge in [0.05, 0.1) is 39.9 Å². The topological polar surface area (TPSA) is 125 Å². The van der Waals surface area contributed by atoms with Gasteiger partial charge in [0.15, 0.2) is 5.82 Å². The van der Waals surface area contributed by atoms with Crippen LogP contribution in [0.1, 0.15) is 58.9 Å². The molecule has 0 unspecified atom stereocenters. The molecule has 2 heterocycles. The molecule has 1 fully saturated rings. The number of hydrogen-bond donors (Lipinski definition) is 2. The van der Waals surface area contributed by atoms with Crippen molar-refractivity contribution < 1.29 is 32.9 Å². The number of fused-ring (bicyclic) bond motifs is 1. The van der Waals surface area contributed by atoms with Gasteiger partial charge in [-0.05, 0) is 61.6 Å². The summed E-state index contributed by atoms with van der Waals surface area (Å²) in [5, 5.41) is 6.36. The molecule has 0 bridgehead atoms. The van der Waals surface area contributed by atoms with Gasteiger partial charge in [-0.15, -0.1) is 0 Å². The molecule has 0 saturated heterocycles. The molecule has 12 heteroatoms. The van der Waals surface area contributed by atoms with Crippen LogP contribution >= 0.6 is 0 Å². The van der Waals surface area contributed by atoms with Crippen LogP contribution in [0.15, 0.2) is 73.1 Å². The molecule has 260 valence electrons. The summed E-state index contributed by atoms with van der Waals surface area (Å²) in [6.45, 7) is 0.675. The van der Waals surface area contributed by atoms with Crippen LogP contribution in [0.2, 0.25) is 0 Å². The fourth-order valence-electron chi connectivity index (χ4n) is 6.53. The number of rotatable bonds is 12. The zero-order chi connectivity index (χ0) is 35.2. The summed E-state index contributed by atoms with van der Waals surface area (Å²) in [7, 11) is 6.12. The van der Waals surface area contributed by atoms with Crippen molar-refractivity contribution >= 4 is 23.2 Å². The third-order valence-electron chi connectivity index (χ3n) is 9.24. The van der Waals surface area contributed by atoms with E-state index in [1.54, 1.807) is 20.4 Å². The number of nitrogens with zero attached hydrogens (tertiary/aromatic N) is 3. The van der Waals surface area contributed by atoms with Crippen molar-refractivity contribution in [2.45, 2.75) is 44.7 Å². The van der Waals surface area contributed by atoms with E-state index in [2.05, 4.69) is 15.0 Å². The maximum Gasteiger partial charge on any atom is 0.308 e. The first-order valence-electron chi connectivity index (χ1n) is 16.4. The Hall–Kier alpha value is -5.65. The summed E-state index contributed by atoms with van der Waals surface area (Å²) >= 11 is 0. The zero-order valence-electron chi connectivity index (χ0n) is 28.5. The van der Waals surface area contributed by atoms with Crippen LogP contribution in [0.3, 0.4) is 0 Å². The summed E-state index contributed by atoms with van der Waals surface area (Å²) in [4.78, 5) is 35.1. The monoisotopic (exact) mass is 681 g/mol. The summed E-state index contributed by atoms with van der Waals surface area (Å²) in [5.74, 6) is 2.18. The fraction of sp³-hybridized carbons (Fsp3) is 0.316. The van der Waals surface area contributed by atoms with Gasteiger partial charge in [0.25, 0.3) is 5.91 Å². The molecule has 6 rings (SSSR count). The van der Waals surface area contributed by atoms with Gasteiger partial charge in [-0.1, -0.05) is 24.3 Å². The highest BCUT2D eigenvalue weighted by atomic mass is 19.1. The number of amides is 1. The van der Waals surface area contributed by atoms with Gasteiger partial charge in [-0.2, -0.15) is 0 Å². The minimum Gasteiger partial charge on any atom is -0.497 e. The first-order chi connectivity index (χ1) is 24.3. The van der Waals surface area contributed by atoms with Gasteiger partial charge in [0.2, 0.25) is 0 Å². The van der Waals surface area contributed by atoms with Crippen LogP contribution in [-0.2, 0) is 22.6 Å². The van der Waals surface area contributed by atoms with Crippen molar-refractivity contribution in [2.75, 3.05) is 33.8 Å². The van der Waals surface area contributed by atoms with Crippen LogP contribution in [0.4, 0.5) is 10.2 Å². The van der Waals surface area contributed by atoms with Crippen LogP contribution in [0.25, 0.3) is 16.8 Å². The second kappa shape index (κ2) is 15.3. The van der Waals surface area contributed by atoms with Crippen LogP contribution in [0, 0.1) is 11.7 Å². The number of nitrogens with one attached hydrogen (secondary N) is 2. The van der Waals surface area contributed by atoms with Crippen molar-refractivity contribution in [1.29, 1.82) is 0 Å². The van der Waals surface area contributed by atoms with Gasteiger partial charge < -0.3 is 29.6 Å². The standard InChI is InChI=1S/C38H40FN5O6/c1-47-29-15-13-27(32(20-29)49-3)22-41-35-34-33(43-36(44(34)18-17-40-35)25-9-11-26(12-10-25)38(46)50-4)24-7-5-23(6-8-24)21-42-37(45)30-19-28(39)14-16-31(30)48-2/h5-8,13-20,25-26H,9-12,21-22H2,1-4H3,(H,40,41)(H,42,45). The molecule has 5 aromatic rings. The lowest BCUT2D eigenvalue weighted by atomic mass is 9.81.